The molecule has 16 heavy (non-hydrogen) atoms. The Balaban J connectivity index is 2.84. The maximum absolute atomic E-state index is 13.0. The van der Waals surface area contributed by atoms with Crippen LogP contribution >= 0.6 is 0 Å². The van der Waals surface area contributed by atoms with E-state index in [1.807, 2.05) is 5.32 Å². The minimum atomic E-state index is -4.65. The van der Waals surface area contributed by atoms with Gasteiger partial charge < -0.3 is 5.32 Å². The average Bonchev–Trinajstić information content (AvgIpc) is 2.14. The van der Waals surface area contributed by atoms with Gasteiger partial charge in [0.05, 0.1) is 17.8 Å². The molecule has 0 aliphatic carbocycles. The Morgan fingerprint density at radius 1 is 1.19 bits per heavy atom. The van der Waals surface area contributed by atoms with Crippen LogP contribution < -0.4 is 5.32 Å². The van der Waals surface area contributed by atoms with E-state index in [9.17, 15) is 26.3 Å². The van der Waals surface area contributed by atoms with E-state index in [-0.39, 0.29) is 11.8 Å². The standard InChI is InChI=1S/C9H7F6N/c10-6-3-5(9(13,14)15)1-2-7(6)16-4-8(11)12/h1-3,8,16H,4H2. The lowest BCUT2D eigenvalue weighted by molar-refractivity contribution is -0.137. The first-order valence-electron chi connectivity index (χ1n) is 4.19. The molecule has 0 aliphatic rings. The second-order valence-electron chi connectivity index (χ2n) is 2.96. The Morgan fingerprint density at radius 3 is 2.25 bits per heavy atom. The molecule has 90 valence electrons. The molecule has 0 fully saturated rings. The van der Waals surface area contributed by atoms with Crippen molar-refractivity contribution in [1.29, 1.82) is 0 Å². The predicted octanol–water partition coefficient (Wildman–Crippen LogP) is 3.52. The number of hydrogen-bond donors (Lipinski definition) is 1. The summed E-state index contributed by atoms with van der Waals surface area (Å²) in [6.07, 6.45) is -7.36. The quantitative estimate of drug-likeness (QED) is 0.801. The van der Waals surface area contributed by atoms with Gasteiger partial charge in [0.15, 0.2) is 0 Å². The van der Waals surface area contributed by atoms with Gasteiger partial charge in [0, 0.05) is 0 Å². The third-order valence-electron chi connectivity index (χ3n) is 1.74. The molecule has 1 rings (SSSR count). The van der Waals surface area contributed by atoms with Crippen LogP contribution in [-0.2, 0) is 6.18 Å². The number of nitrogens with one attached hydrogen (secondary N) is 1. The van der Waals surface area contributed by atoms with Crippen molar-refractivity contribution in [1.82, 2.24) is 0 Å². The molecule has 0 atom stereocenters. The SMILES string of the molecule is Fc1cc(C(F)(F)F)ccc1NCC(F)F. The van der Waals surface area contributed by atoms with Crippen molar-refractivity contribution in [2.45, 2.75) is 12.6 Å². The Kier molecular flexibility index (Phi) is 3.66. The fraction of sp³-hybridized carbons (Fsp3) is 0.333. The van der Waals surface area contributed by atoms with Gasteiger partial charge in [-0.2, -0.15) is 13.2 Å². The van der Waals surface area contributed by atoms with Crippen LogP contribution in [0.1, 0.15) is 5.56 Å². The van der Waals surface area contributed by atoms with Gasteiger partial charge in [-0.25, -0.2) is 13.2 Å². The number of benzene rings is 1. The lowest BCUT2D eigenvalue weighted by atomic mass is 10.2. The highest BCUT2D eigenvalue weighted by atomic mass is 19.4. The second kappa shape index (κ2) is 4.63. The molecule has 1 nitrogen and oxygen atoms in total. The van der Waals surface area contributed by atoms with E-state index in [4.69, 9.17) is 0 Å². The first-order chi connectivity index (χ1) is 7.30. The van der Waals surface area contributed by atoms with Gasteiger partial charge in [0.25, 0.3) is 6.43 Å². The maximum atomic E-state index is 13.0. The second-order valence-corrected chi connectivity index (χ2v) is 2.96. The largest absolute Gasteiger partial charge is 0.416 e. The normalized spacial score (nSPS) is 11.9. The van der Waals surface area contributed by atoms with Crippen LogP contribution in [0, 0.1) is 5.82 Å². The van der Waals surface area contributed by atoms with Crippen molar-refractivity contribution in [2.24, 2.45) is 0 Å². The number of rotatable bonds is 3. The zero-order valence-corrected chi connectivity index (χ0v) is 7.78. The summed E-state index contributed by atoms with van der Waals surface area (Å²) in [6.45, 7) is -0.817. The summed E-state index contributed by atoms with van der Waals surface area (Å²) in [5.74, 6) is -1.21. The Bertz CT molecular complexity index is 360. The first-order valence-corrected chi connectivity index (χ1v) is 4.19. The zero-order valence-electron chi connectivity index (χ0n) is 7.78. The summed E-state index contributed by atoms with van der Waals surface area (Å²) in [5.41, 5.74) is -1.54. The summed E-state index contributed by atoms with van der Waals surface area (Å²) in [6, 6.07) is 1.66. The highest BCUT2D eigenvalue weighted by molar-refractivity contribution is 5.46. The van der Waals surface area contributed by atoms with E-state index in [0.717, 1.165) is 6.07 Å². The zero-order chi connectivity index (χ0) is 12.3. The molecule has 0 saturated carbocycles. The summed E-state index contributed by atoms with van der Waals surface area (Å²) < 4.78 is 72.9. The summed E-state index contributed by atoms with van der Waals surface area (Å²) >= 11 is 0. The molecule has 0 unspecified atom stereocenters. The van der Waals surface area contributed by atoms with Crippen LogP contribution in [0.25, 0.3) is 0 Å². The Morgan fingerprint density at radius 2 is 1.81 bits per heavy atom. The van der Waals surface area contributed by atoms with E-state index in [1.165, 1.54) is 0 Å². The van der Waals surface area contributed by atoms with Gasteiger partial charge in [0.2, 0.25) is 0 Å². The van der Waals surface area contributed by atoms with Gasteiger partial charge in [-0.05, 0) is 18.2 Å². The smallest absolute Gasteiger partial charge is 0.377 e. The highest BCUT2D eigenvalue weighted by Crippen LogP contribution is 2.31. The van der Waals surface area contributed by atoms with Crippen LogP contribution in [0.4, 0.5) is 32.0 Å². The molecular weight excluding hydrogens is 236 g/mol. The number of hydrogen-bond acceptors (Lipinski definition) is 1. The molecule has 0 heterocycles. The number of halogens is 6. The molecule has 1 N–H and O–H groups in total. The van der Waals surface area contributed by atoms with Crippen LogP contribution in [-0.4, -0.2) is 13.0 Å². The maximum Gasteiger partial charge on any atom is 0.416 e. The van der Waals surface area contributed by atoms with E-state index in [0.29, 0.717) is 6.07 Å². The van der Waals surface area contributed by atoms with Gasteiger partial charge in [-0.3, -0.25) is 0 Å². The lowest BCUT2D eigenvalue weighted by Gasteiger charge is -2.10. The monoisotopic (exact) mass is 243 g/mol. The summed E-state index contributed by atoms with van der Waals surface area (Å²) in [5, 5.41) is 2.00. The molecular formula is C9H7F6N. The average molecular weight is 243 g/mol. The lowest BCUT2D eigenvalue weighted by Crippen LogP contribution is -2.12. The summed E-state index contributed by atoms with van der Waals surface area (Å²) in [4.78, 5) is 0. The third kappa shape index (κ3) is 3.32. The molecule has 7 heteroatoms. The molecule has 0 spiro atoms. The highest BCUT2D eigenvalue weighted by Gasteiger charge is 2.31. The van der Waals surface area contributed by atoms with Crippen molar-refractivity contribution in [3.05, 3.63) is 29.6 Å². The van der Waals surface area contributed by atoms with Crippen molar-refractivity contribution in [3.63, 3.8) is 0 Å². The van der Waals surface area contributed by atoms with Crippen LogP contribution in [0.5, 0.6) is 0 Å². The fourth-order valence-electron chi connectivity index (χ4n) is 1.02. The molecule has 0 radical (unpaired) electrons. The molecule has 0 aliphatic heterocycles. The van der Waals surface area contributed by atoms with Crippen LogP contribution in [0.2, 0.25) is 0 Å². The first kappa shape index (κ1) is 12.7. The predicted molar refractivity (Wildman–Crippen MR) is 45.9 cm³/mol. The molecule has 0 bridgehead atoms. The van der Waals surface area contributed by atoms with Gasteiger partial charge in [0.1, 0.15) is 5.82 Å². The minimum absolute atomic E-state index is 0.258. The van der Waals surface area contributed by atoms with Gasteiger partial charge in [-0.15, -0.1) is 0 Å². The van der Waals surface area contributed by atoms with E-state index in [1.54, 1.807) is 0 Å². The number of alkyl halides is 5. The van der Waals surface area contributed by atoms with Crippen LogP contribution in [0.15, 0.2) is 18.2 Å². The molecule has 1 aromatic carbocycles. The van der Waals surface area contributed by atoms with Crippen molar-refractivity contribution in [2.75, 3.05) is 11.9 Å². The van der Waals surface area contributed by atoms with Gasteiger partial charge in [-0.1, -0.05) is 0 Å². The molecule has 0 aromatic heterocycles. The van der Waals surface area contributed by atoms with E-state index in [2.05, 4.69) is 0 Å². The third-order valence-corrected chi connectivity index (χ3v) is 1.74. The van der Waals surface area contributed by atoms with Crippen molar-refractivity contribution < 1.29 is 26.3 Å². The fourth-order valence-corrected chi connectivity index (χ4v) is 1.02. The Labute approximate surface area is 87.1 Å². The van der Waals surface area contributed by atoms with E-state index >= 15 is 0 Å². The molecule has 0 saturated heterocycles. The Hall–Kier alpha value is -1.40. The molecule has 1 aromatic rings. The van der Waals surface area contributed by atoms with Gasteiger partial charge >= 0.3 is 6.18 Å². The van der Waals surface area contributed by atoms with Crippen molar-refractivity contribution >= 4 is 5.69 Å². The van der Waals surface area contributed by atoms with Crippen molar-refractivity contribution in [3.8, 4) is 0 Å². The van der Waals surface area contributed by atoms with Crippen LogP contribution in [0.3, 0.4) is 0 Å². The molecule has 0 amide bonds. The van der Waals surface area contributed by atoms with E-state index < -0.39 is 30.5 Å². The minimum Gasteiger partial charge on any atom is -0.377 e. The number of anilines is 1. The summed E-state index contributed by atoms with van der Waals surface area (Å²) in [7, 11) is 0. The topological polar surface area (TPSA) is 12.0 Å².